The van der Waals surface area contributed by atoms with Crippen molar-refractivity contribution in [2.75, 3.05) is 19.6 Å². The van der Waals surface area contributed by atoms with Crippen molar-refractivity contribution in [3.63, 3.8) is 0 Å². The summed E-state index contributed by atoms with van der Waals surface area (Å²) in [6, 6.07) is 0. The molecule has 0 saturated carbocycles. The Bertz CT molecular complexity index is 109. The SMILES string of the molecule is CC[C@@]12C[N@]1CCN2. The van der Waals surface area contributed by atoms with Gasteiger partial charge in [-0.15, -0.1) is 0 Å². The van der Waals surface area contributed by atoms with Crippen molar-refractivity contribution in [2.45, 2.75) is 19.0 Å². The van der Waals surface area contributed by atoms with Gasteiger partial charge in [0.15, 0.2) is 0 Å². The lowest BCUT2D eigenvalue weighted by Gasteiger charge is -2.05. The van der Waals surface area contributed by atoms with Gasteiger partial charge in [0.25, 0.3) is 0 Å². The van der Waals surface area contributed by atoms with Crippen molar-refractivity contribution in [3.05, 3.63) is 0 Å². The monoisotopic (exact) mass is 112 g/mol. The van der Waals surface area contributed by atoms with Crippen LogP contribution in [0.15, 0.2) is 0 Å². The van der Waals surface area contributed by atoms with E-state index in [2.05, 4.69) is 17.1 Å². The molecule has 2 heteroatoms. The van der Waals surface area contributed by atoms with E-state index in [0.717, 1.165) is 0 Å². The van der Waals surface area contributed by atoms with Gasteiger partial charge in [0.1, 0.15) is 0 Å². The molecule has 2 heterocycles. The van der Waals surface area contributed by atoms with Gasteiger partial charge in [0.2, 0.25) is 0 Å². The molecule has 46 valence electrons. The number of hydrogen-bond acceptors (Lipinski definition) is 2. The van der Waals surface area contributed by atoms with Crippen LogP contribution in [0.5, 0.6) is 0 Å². The molecule has 1 N–H and O–H groups in total. The quantitative estimate of drug-likeness (QED) is 0.481. The van der Waals surface area contributed by atoms with Crippen molar-refractivity contribution in [1.29, 1.82) is 0 Å². The van der Waals surface area contributed by atoms with Crippen molar-refractivity contribution in [2.24, 2.45) is 0 Å². The molecule has 2 aliphatic rings. The molecule has 0 aromatic rings. The van der Waals surface area contributed by atoms with Gasteiger partial charge >= 0.3 is 0 Å². The van der Waals surface area contributed by atoms with Crippen LogP contribution in [0.4, 0.5) is 0 Å². The molecule has 2 rings (SSSR count). The smallest absolute Gasteiger partial charge is 0.0843 e. The van der Waals surface area contributed by atoms with Gasteiger partial charge in [-0.05, 0) is 6.42 Å². The molecule has 0 bridgehead atoms. The highest BCUT2D eigenvalue weighted by Crippen LogP contribution is 2.35. The van der Waals surface area contributed by atoms with Gasteiger partial charge in [0, 0.05) is 19.6 Å². The van der Waals surface area contributed by atoms with E-state index >= 15 is 0 Å². The molecule has 2 nitrogen and oxygen atoms in total. The Kier molecular flexibility index (Phi) is 0.746. The Morgan fingerprint density at radius 3 is 2.88 bits per heavy atom. The largest absolute Gasteiger partial charge is 0.297 e. The molecule has 2 atom stereocenters. The molecule has 0 unspecified atom stereocenters. The van der Waals surface area contributed by atoms with Crippen molar-refractivity contribution in [3.8, 4) is 0 Å². The van der Waals surface area contributed by atoms with E-state index in [1.807, 2.05) is 0 Å². The minimum absolute atomic E-state index is 0.486. The number of nitrogens with one attached hydrogen (secondary N) is 1. The van der Waals surface area contributed by atoms with Gasteiger partial charge in [0.05, 0.1) is 5.66 Å². The summed E-state index contributed by atoms with van der Waals surface area (Å²) in [5, 5.41) is 3.48. The van der Waals surface area contributed by atoms with E-state index in [4.69, 9.17) is 0 Å². The number of fused-ring (bicyclic) bond motifs is 1. The number of hydrogen-bond donors (Lipinski definition) is 1. The first-order valence-electron chi connectivity index (χ1n) is 3.37. The first-order valence-corrected chi connectivity index (χ1v) is 3.37. The number of piperazine rings is 1. The summed E-state index contributed by atoms with van der Waals surface area (Å²) in [5.74, 6) is 0. The fraction of sp³-hybridized carbons (Fsp3) is 1.00. The molecule has 0 radical (unpaired) electrons. The van der Waals surface area contributed by atoms with Gasteiger partial charge < -0.3 is 0 Å². The Morgan fingerprint density at radius 1 is 1.75 bits per heavy atom. The fourth-order valence-electron chi connectivity index (χ4n) is 1.63. The molecule has 2 aliphatic heterocycles. The average molecular weight is 112 g/mol. The molecule has 0 aromatic heterocycles. The highest BCUT2D eigenvalue weighted by Gasteiger charge is 2.53. The summed E-state index contributed by atoms with van der Waals surface area (Å²) in [4.78, 5) is 2.49. The van der Waals surface area contributed by atoms with Gasteiger partial charge in [-0.1, -0.05) is 6.92 Å². The van der Waals surface area contributed by atoms with Crippen LogP contribution in [0.1, 0.15) is 13.3 Å². The normalized spacial score (nSPS) is 51.4. The highest BCUT2D eigenvalue weighted by atomic mass is 15.5. The van der Waals surface area contributed by atoms with E-state index in [1.54, 1.807) is 0 Å². The predicted molar refractivity (Wildman–Crippen MR) is 32.6 cm³/mol. The standard InChI is InChI=1S/C6H12N2/c1-2-6-5-8(6)4-3-7-6/h7H,2-5H2,1H3/t6-,8-/m0/s1. The van der Waals surface area contributed by atoms with Crippen molar-refractivity contribution >= 4 is 0 Å². The van der Waals surface area contributed by atoms with Crippen molar-refractivity contribution < 1.29 is 0 Å². The molecule has 0 spiro atoms. The minimum atomic E-state index is 0.486. The van der Waals surface area contributed by atoms with Crippen LogP contribution in [0.3, 0.4) is 0 Å². The maximum atomic E-state index is 3.48. The summed E-state index contributed by atoms with van der Waals surface area (Å²) in [6.07, 6.45) is 1.27. The molecule has 2 saturated heterocycles. The van der Waals surface area contributed by atoms with Crippen LogP contribution in [0.25, 0.3) is 0 Å². The lowest BCUT2D eigenvalue weighted by atomic mass is 10.2. The van der Waals surface area contributed by atoms with E-state index < -0.39 is 0 Å². The first kappa shape index (κ1) is 4.77. The summed E-state index contributed by atoms with van der Waals surface area (Å²) >= 11 is 0. The summed E-state index contributed by atoms with van der Waals surface area (Å²) < 4.78 is 0. The van der Waals surface area contributed by atoms with Gasteiger partial charge in [-0.25, -0.2) is 0 Å². The molecule has 0 aromatic carbocycles. The zero-order valence-electron chi connectivity index (χ0n) is 5.28. The van der Waals surface area contributed by atoms with E-state index in [1.165, 1.54) is 26.1 Å². The predicted octanol–water partition coefficient (Wildman–Crippen LogP) is 0.0115. The summed E-state index contributed by atoms with van der Waals surface area (Å²) in [5.41, 5.74) is 0.486. The van der Waals surface area contributed by atoms with Crippen LogP contribution in [-0.2, 0) is 0 Å². The van der Waals surface area contributed by atoms with Crippen molar-refractivity contribution in [1.82, 2.24) is 10.2 Å². The molecule has 0 amide bonds. The van der Waals surface area contributed by atoms with E-state index in [0.29, 0.717) is 5.66 Å². The maximum Gasteiger partial charge on any atom is 0.0843 e. The third-order valence-electron chi connectivity index (χ3n) is 2.37. The third-order valence-corrected chi connectivity index (χ3v) is 2.37. The van der Waals surface area contributed by atoms with Crippen LogP contribution in [0, 0.1) is 0 Å². The second-order valence-corrected chi connectivity index (χ2v) is 2.73. The second kappa shape index (κ2) is 1.25. The minimum Gasteiger partial charge on any atom is -0.297 e. The number of nitrogens with zero attached hydrogens (tertiary/aromatic N) is 1. The molecule has 8 heavy (non-hydrogen) atoms. The Labute approximate surface area is 49.9 Å². The summed E-state index contributed by atoms with van der Waals surface area (Å²) in [6.45, 7) is 6.02. The zero-order chi connectivity index (χ0) is 5.61. The third kappa shape index (κ3) is 0.400. The molecule has 0 aliphatic carbocycles. The van der Waals surface area contributed by atoms with Crippen LogP contribution in [-0.4, -0.2) is 30.2 Å². The van der Waals surface area contributed by atoms with E-state index in [9.17, 15) is 0 Å². The molecular weight excluding hydrogens is 100 g/mol. The van der Waals surface area contributed by atoms with Gasteiger partial charge in [-0.3, -0.25) is 10.2 Å². The Hall–Kier alpha value is -0.0800. The first-order chi connectivity index (χ1) is 3.87. The molecular formula is C6H12N2. The van der Waals surface area contributed by atoms with Crippen LogP contribution < -0.4 is 5.32 Å². The average Bonchev–Trinajstić information content (AvgIpc) is 2.38. The molecule has 2 fully saturated rings. The fourth-order valence-corrected chi connectivity index (χ4v) is 1.63. The van der Waals surface area contributed by atoms with E-state index in [-0.39, 0.29) is 0 Å². The Balaban J connectivity index is 2.08. The van der Waals surface area contributed by atoms with Gasteiger partial charge in [-0.2, -0.15) is 0 Å². The lowest BCUT2D eigenvalue weighted by Crippen LogP contribution is -2.28. The zero-order valence-corrected chi connectivity index (χ0v) is 5.28. The Morgan fingerprint density at radius 2 is 2.62 bits per heavy atom. The second-order valence-electron chi connectivity index (χ2n) is 2.73. The lowest BCUT2D eigenvalue weighted by molar-refractivity contribution is 0.451. The van der Waals surface area contributed by atoms with Crippen LogP contribution >= 0.6 is 0 Å². The number of rotatable bonds is 1. The topological polar surface area (TPSA) is 15.0 Å². The summed E-state index contributed by atoms with van der Waals surface area (Å²) in [7, 11) is 0. The highest BCUT2D eigenvalue weighted by molar-refractivity contribution is 5.08. The van der Waals surface area contributed by atoms with Crippen LogP contribution in [0.2, 0.25) is 0 Å². The maximum absolute atomic E-state index is 3.48.